The molecule has 1 aromatic rings. The van der Waals surface area contributed by atoms with Gasteiger partial charge in [-0.1, -0.05) is 66.2 Å². The van der Waals surface area contributed by atoms with E-state index in [2.05, 4.69) is 42.6 Å². The number of nitrogens with two attached hydrogens (primary N) is 3. The summed E-state index contributed by atoms with van der Waals surface area (Å²) in [6.07, 6.45) is 9.05. The first-order valence-corrected chi connectivity index (χ1v) is 12.4. The van der Waals surface area contributed by atoms with E-state index in [0.29, 0.717) is 24.6 Å². The quantitative estimate of drug-likeness (QED) is 0.334. The normalized spacial score (nSPS) is 15.1. The molecular weight excluding hydrogens is 391 g/mol. The summed E-state index contributed by atoms with van der Waals surface area (Å²) in [5, 5.41) is 0. The van der Waals surface area contributed by atoms with E-state index in [-0.39, 0.29) is 17.8 Å². The molecule has 1 rings (SSSR count). The average molecular weight is 433 g/mol. The van der Waals surface area contributed by atoms with E-state index in [1.54, 1.807) is 0 Å². The highest BCUT2D eigenvalue weighted by Crippen LogP contribution is 2.46. The van der Waals surface area contributed by atoms with Crippen molar-refractivity contribution in [1.29, 1.82) is 0 Å². The molecule has 1 heterocycles. The van der Waals surface area contributed by atoms with Crippen LogP contribution in [-0.2, 0) is 9.09 Å². The van der Waals surface area contributed by atoms with Crippen molar-refractivity contribution >= 4 is 25.4 Å². The predicted octanol–water partition coefficient (Wildman–Crippen LogP) is 4.24. The van der Waals surface area contributed by atoms with E-state index in [4.69, 9.17) is 21.7 Å². The van der Waals surface area contributed by atoms with Gasteiger partial charge in [0, 0.05) is 0 Å². The van der Waals surface area contributed by atoms with Gasteiger partial charge in [-0.15, -0.1) is 0 Å². The van der Waals surface area contributed by atoms with Crippen molar-refractivity contribution < 1.29 is 14.0 Å². The monoisotopic (exact) mass is 432 g/mol. The highest BCUT2D eigenvalue weighted by atomic mass is 31.2. The van der Waals surface area contributed by atoms with Gasteiger partial charge in [-0.25, -0.2) is 0 Å². The van der Waals surface area contributed by atoms with Crippen molar-refractivity contribution in [3.8, 4) is 0 Å². The van der Waals surface area contributed by atoms with Crippen LogP contribution in [0.2, 0.25) is 0 Å². The summed E-state index contributed by atoms with van der Waals surface area (Å²) >= 11 is 0. The van der Waals surface area contributed by atoms with Crippen LogP contribution in [0.3, 0.4) is 0 Å². The van der Waals surface area contributed by atoms with Gasteiger partial charge >= 0.3 is 7.60 Å². The Kier molecular flexibility index (Phi) is 14.6. The fourth-order valence-corrected chi connectivity index (χ4v) is 4.49. The predicted molar refractivity (Wildman–Crippen MR) is 120 cm³/mol. The third kappa shape index (κ3) is 14.2. The molecule has 0 aliphatic rings. The van der Waals surface area contributed by atoms with E-state index >= 15 is 0 Å². The van der Waals surface area contributed by atoms with Crippen molar-refractivity contribution in [3.63, 3.8) is 0 Å². The third-order valence-electron chi connectivity index (χ3n) is 4.77. The Labute approximate surface area is 175 Å². The molecule has 0 bridgehead atoms. The van der Waals surface area contributed by atoms with E-state index in [1.165, 1.54) is 12.8 Å². The SMILES string of the molecule is CCCCC(CC)COP(=O)(O)CC(CC)CCCC.Nc1nc(N)nc(N)n1. The van der Waals surface area contributed by atoms with Crippen molar-refractivity contribution in [2.75, 3.05) is 30.0 Å². The number of rotatable bonds is 13. The van der Waals surface area contributed by atoms with Crippen LogP contribution in [0.4, 0.5) is 17.8 Å². The van der Waals surface area contributed by atoms with E-state index < -0.39 is 7.60 Å². The molecule has 0 spiro atoms. The molecule has 0 aromatic carbocycles. The zero-order valence-corrected chi connectivity index (χ0v) is 19.4. The maximum Gasteiger partial charge on any atom is 0.328 e. The Balaban J connectivity index is 0.000000717. The van der Waals surface area contributed by atoms with Gasteiger partial charge in [0.1, 0.15) is 0 Å². The van der Waals surface area contributed by atoms with Gasteiger partial charge in [-0.3, -0.25) is 4.57 Å². The number of nitrogen functional groups attached to an aromatic ring is 3. The van der Waals surface area contributed by atoms with Crippen LogP contribution in [0, 0.1) is 11.8 Å². The zero-order valence-electron chi connectivity index (χ0n) is 18.5. The van der Waals surface area contributed by atoms with Crippen LogP contribution in [0.1, 0.15) is 79.1 Å². The van der Waals surface area contributed by atoms with E-state index in [0.717, 1.165) is 38.5 Å². The molecule has 170 valence electrons. The topological polar surface area (TPSA) is 163 Å². The first-order valence-electron chi connectivity index (χ1n) is 10.7. The minimum atomic E-state index is -3.40. The average Bonchev–Trinajstić information content (AvgIpc) is 2.64. The maximum atomic E-state index is 12.2. The van der Waals surface area contributed by atoms with Gasteiger partial charge in [-0.05, 0) is 24.7 Å². The molecule has 0 aliphatic heterocycles. The molecule has 0 saturated carbocycles. The van der Waals surface area contributed by atoms with Crippen LogP contribution in [0.15, 0.2) is 0 Å². The Hall–Kier alpha value is -1.44. The van der Waals surface area contributed by atoms with Crippen molar-refractivity contribution in [2.45, 2.75) is 79.1 Å². The van der Waals surface area contributed by atoms with Crippen LogP contribution in [-0.4, -0.2) is 32.6 Å². The molecule has 29 heavy (non-hydrogen) atoms. The summed E-state index contributed by atoms with van der Waals surface area (Å²) in [4.78, 5) is 20.5. The second kappa shape index (κ2) is 15.4. The number of aromatic nitrogens is 3. The first-order chi connectivity index (χ1) is 13.7. The lowest BCUT2D eigenvalue weighted by molar-refractivity contribution is 0.200. The Morgan fingerprint density at radius 1 is 0.862 bits per heavy atom. The molecule has 0 aliphatic carbocycles. The molecule has 10 heteroatoms. The minimum absolute atomic E-state index is 0.0417. The van der Waals surface area contributed by atoms with Crippen LogP contribution in [0.25, 0.3) is 0 Å². The molecule has 0 fully saturated rings. The molecule has 0 saturated heterocycles. The maximum absolute atomic E-state index is 12.2. The molecule has 7 N–H and O–H groups in total. The zero-order chi connectivity index (χ0) is 22.3. The summed E-state index contributed by atoms with van der Waals surface area (Å²) in [6, 6.07) is 0. The third-order valence-corrected chi connectivity index (χ3v) is 6.31. The fourth-order valence-electron chi connectivity index (χ4n) is 2.84. The number of hydrogen-bond donors (Lipinski definition) is 4. The molecule has 3 unspecified atom stereocenters. The van der Waals surface area contributed by atoms with Crippen LogP contribution in [0.5, 0.6) is 0 Å². The van der Waals surface area contributed by atoms with Gasteiger partial charge in [0.05, 0.1) is 12.8 Å². The van der Waals surface area contributed by atoms with Crippen LogP contribution < -0.4 is 17.2 Å². The number of nitrogens with zero attached hydrogens (tertiary/aromatic N) is 3. The lowest BCUT2D eigenvalue weighted by atomic mass is 10.0. The molecule has 0 amide bonds. The number of hydrogen-bond acceptors (Lipinski definition) is 8. The van der Waals surface area contributed by atoms with Gasteiger partial charge in [-0.2, -0.15) is 15.0 Å². The Bertz CT molecular complexity index is 555. The molecule has 0 radical (unpaired) electrons. The van der Waals surface area contributed by atoms with Gasteiger partial charge in [0.25, 0.3) is 0 Å². The summed E-state index contributed by atoms with van der Waals surface area (Å²) in [5.41, 5.74) is 15.4. The van der Waals surface area contributed by atoms with Gasteiger partial charge in [0.15, 0.2) is 0 Å². The molecular formula is C19H41N6O3P. The molecule has 1 aromatic heterocycles. The smallest absolute Gasteiger partial charge is 0.328 e. The largest absolute Gasteiger partial charge is 0.368 e. The minimum Gasteiger partial charge on any atom is -0.368 e. The number of unbranched alkanes of at least 4 members (excludes halogenated alkanes) is 2. The fraction of sp³-hybridized carbons (Fsp3) is 0.842. The standard InChI is InChI=1S/C16H35O3P.C3H6N6/c1-5-9-11-15(7-3)13-19-20(17,18)14-16(8-4)12-10-6-2;4-1-7-2(5)9-3(6)8-1/h15-16H,5-14H2,1-4H3,(H,17,18);(H6,4,5,6,7,8,9). The summed E-state index contributed by atoms with van der Waals surface area (Å²) in [5.74, 6) is 0.868. The van der Waals surface area contributed by atoms with Crippen molar-refractivity contribution in [2.24, 2.45) is 11.8 Å². The summed E-state index contributed by atoms with van der Waals surface area (Å²) in [7, 11) is -3.40. The van der Waals surface area contributed by atoms with Crippen molar-refractivity contribution in [3.05, 3.63) is 0 Å². The van der Waals surface area contributed by atoms with Gasteiger partial charge < -0.3 is 26.6 Å². The second-order valence-corrected chi connectivity index (χ2v) is 9.26. The van der Waals surface area contributed by atoms with E-state index in [1.807, 2.05) is 0 Å². The molecule has 9 nitrogen and oxygen atoms in total. The lowest BCUT2D eigenvalue weighted by Gasteiger charge is -2.21. The number of anilines is 3. The van der Waals surface area contributed by atoms with Crippen LogP contribution >= 0.6 is 7.60 Å². The Morgan fingerprint density at radius 2 is 1.28 bits per heavy atom. The van der Waals surface area contributed by atoms with Crippen molar-refractivity contribution in [1.82, 2.24) is 15.0 Å². The second-order valence-electron chi connectivity index (χ2n) is 7.36. The molecule has 3 atom stereocenters. The highest BCUT2D eigenvalue weighted by molar-refractivity contribution is 7.52. The summed E-state index contributed by atoms with van der Waals surface area (Å²) in [6.45, 7) is 8.98. The van der Waals surface area contributed by atoms with E-state index in [9.17, 15) is 9.46 Å². The first kappa shape index (κ1) is 27.6. The van der Waals surface area contributed by atoms with Gasteiger partial charge in [0.2, 0.25) is 17.8 Å². The lowest BCUT2D eigenvalue weighted by Crippen LogP contribution is -2.12. The summed E-state index contributed by atoms with van der Waals surface area (Å²) < 4.78 is 17.6. The highest BCUT2D eigenvalue weighted by Gasteiger charge is 2.25. The Morgan fingerprint density at radius 3 is 1.66 bits per heavy atom.